The number of piperidine rings is 1. The van der Waals surface area contributed by atoms with E-state index in [1.54, 1.807) is 17.0 Å². The Hall–Kier alpha value is -2.44. The number of nitrogens with zero attached hydrogens (tertiary/aromatic N) is 1. The molecule has 3 amide bonds. The standard InChI is InChI=1S/C19H20Cl2N4O2/c20-15-9-14(10-16(21)17(15)22)23-18(26)12-5-4-8-25(11-12)19(27)24-13-6-2-1-3-7-13/h1-3,6-7,9-10,12H,4-5,8,11,22H2,(H,23,26)(H,24,27). The lowest BCUT2D eigenvalue weighted by molar-refractivity contribution is -0.121. The van der Waals surface area contributed by atoms with Crippen LogP contribution in [0.15, 0.2) is 42.5 Å². The van der Waals surface area contributed by atoms with Gasteiger partial charge in [-0.05, 0) is 37.1 Å². The van der Waals surface area contributed by atoms with E-state index >= 15 is 0 Å². The molecule has 8 heteroatoms. The van der Waals surface area contributed by atoms with Crippen LogP contribution in [-0.4, -0.2) is 29.9 Å². The lowest BCUT2D eigenvalue weighted by atomic mass is 9.97. The fraction of sp³-hybridized carbons (Fsp3) is 0.263. The first-order valence-corrected chi connectivity index (χ1v) is 9.36. The average Bonchev–Trinajstić information content (AvgIpc) is 2.67. The van der Waals surface area contributed by atoms with Gasteiger partial charge < -0.3 is 21.3 Å². The predicted octanol–water partition coefficient (Wildman–Crippen LogP) is 4.46. The summed E-state index contributed by atoms with van der Waals surface area (Å²) in [5.41, 5.74) is 7.19. The highest BCUT2D eigenvalue weighted by atomic mass is 35.5. The SMILES string of the molecule is Nc1c(Cl)cc(NC(=O)C2CCCN(C(=O)Nc3ccccc3)C2)cc1Cl. The predicted molar refractivity (Wildman–Crippen MR) is 109 cm³/mol. The van der Waals surface area contributed by atoms with Crippen LogP contribution < -0.4 is 16.4 Å². The fourth-order valence-corrected chi connectivity index (χ4v) is 3.49. The minimum atomic E-state index is -0.310. The average molecular weight is 407 g/mol. The van der Waals surface area contributed by atoms with Crippen molar-refractivity contribution in [2.45, 2.75) is 12.8 Å². The van der Waals surface area contributed by atoms with Crippen LogP contribution in [0.4, 0.5) is 21.9 Å². The Kier molecular flexibility index (Phi) is 6.08. The number of nitrogen functional groups attached to an aromatic ring is 1. The summed E-state index contributed by atoms with van der Waals surface area (Å²) in [6, 6.07) is 12.1. The van der Waals surface area contributed by atoms with Crippen LogP contribution in [0, 0.1) is 5.92 Å². The molecular weight excluding hydrogens is 387 g/mol. The second kappa shape index (κ2) is 8.50. The minimum absolute atomic E-state index is 0.177. The molecule has 1 heterocycles. The van der Waals surface area contributed by atoms with E-state index in [0.717, 1.165) is 12.1 Å². The number of carbonyl (C=O) groups excluding carboxylic acids is 2. The van der Waals surface area contributed by atoms with Crippen molar-refractivity contribution in [3.05, 3.63) is 52.5 Å². The summed E-state index contributed by atoms with van der Waals surface area (Å²) >= 11 is 12.0. The van der Waals surface area contributed by atoms with Crippen molar-refractivity contribution >= 4 is 52.2 Å². The number of rotatable bonds is 3. The number of nitrogens with one attached hydrogen (secondary N) is 2. The normalized spacial score (nSPS) is 16.7. The fourth-order valence-electron chi connectivity index (χ4n) is 3.00. The van der Waals surface area contributed by atoms with Gasteiger partial charge >= 0.3 is 6.03 Å². The highest BCUT2D eigenvalue weighted by Crippen LogP contribution is 2.31. The molecule has 3 rings (SSSR count). The molecule has 2 aromatic carbocycles. The van der Waals surface area contributed by atoms with E-state index in [1.807, 2.05) is 30.3 Å². The van der Waals surface area contributed by atoms with E-state index in [1.165, 1.54) is 0 Å². The zero-order valence-corrected chi connectivity index (χ0v) is 16.1. The summed E-state index contributed by atoms with van der Waals surface area (Å²) in [5.74, 6) is -0.487. The van der Waals surface area contributed by atoms with Gasteiger partial charge in [0.25, 0.3) is 0 Å². The Labute approximate surface area is 167 Å². The Bertz CT molecular complexity index is 822. The highest BCUT2D eigenvalue weighted by molar-refractivity contribution is 6.39. The Morgan fingerprint density at radius 1 is 1.04 bits per heavy atom. The van der Waals surface area contributed by atoms with Gasteiger partial charge in [0.1, 0.15) is 0 Å². The summed E-state index contributed by atoms with van der Waals surface area (Å²) in [6.45, 7) is 0.961. The van der Waals surface area contributed by atoms with Crippen molar-refractivity contribution in [3.63, 3.8) is 0 Å². The van der Waals surface area contributed by atoms with Crippen LogP contribution in [0.25, 0.3) is 0 Å². The van der Waals surface area contributed by atoms with E-state index in [4.69, 9.17) is 28.9 Å². The number of hydrogen-bond acceptors (Lipinski definition) is 3. The minimum Gasteiger partial charge on any atom is -0.396 e. The lowest BCUT2D eigenvalue weighted by Crippen LogP contribution is -2.45. The van der Waals surface area contributed by atoms with Gasteiger partial charge in [0.15, 0.2) is 0 Å². The number of nitrogens with two attached hydrogens (primary N) is 1. The third-order valence-corrected chi connectivity index (χ3v) is 5.08. The number of likely N-dealkylation sites (tertiary alicyclic amines) is 1. The third-order valence-electron chi connectivity index (χ3n) is 4.45. The molecule has 1 atom stereocenters. The molecule has 1 aliphatic heterocycles. The molecular formula is C19H20Cl2N4O2. The van der Waals surface area contributed by atoms with Gasteiger partial charge in [0, 0.05) is 24.5 Å². The molecule has 0 aromatic heterocycles. The van der Waals surface area contributed by atoms with E-state index in [2.05, 4.69) is 10.6 Å². The maximum Gasteiger partial charge on any atom is 0.321 e. The first kappa shape index (κ1) is 19.3. The van der Waals surface area contributed by atoms with Crippen LogP contribution >= 0.6 is 23.2 Å². The van der Waals surface area contributed by atoms with Crippen molar-refractivity contribution in [2.24, 2.45) is 5.92 Å². The molecule has 1 fully saturated rings. The van der Waals surface area contributed by atoms with Gasteiger partial charge in [-0.25, -0.2) is 4.79 Å². The maximum atomic E-state index is 12.6. The number of anilines is 3. The number of benzene rings is 2. The first-order valence-electron chi connectivity index (χ1n) is 8.60. The molecule has 1 saturated heterocycles. The van der Waals surface area contributed by atoms with Crippen molar-refractivity contribution < 1.29 is 9.59 Å². The van der Waals surface area contributed by atoms with E-state index < -0.39 is 0 Å². The van der Waals surface area contributed by atoms with Crippen molar-refractivity contribution in [1.82, 2.24) is 4.90 Å². The summed E-state index contributed by atoms with van der Waals surface area (Å²) in [6.07, 6.45) is 1.46. The number of para-hydroxylation sites is 1. The van der Waals surface area contributed by atoms with Gasteiger partial charge in [-0.3, -0.25) is 4.79 Å². The second-order valence-corrected chi connectivity index (χ2v) is 7.24. The monoisotopic (exact) mass is 406 g/mol. The molecule has 0 aliphatic carbocycles. The van der Waals surface area contributed by atoms with E-state index in [9.17, 15) is 9.59 Å². The first-order chi connectivity index (χ1) is 12.9. The van der Waals surface area contributed by atoms with Gasteiger partial charge in [-0.1, -0.05) is 41.4 Å². The van der Waals surface area contributed by atoms with E-state index in [-0.39, 0.29) is 33.6 Å². The van der Waals surface area contributed by atoms with Crippen LogP contribution in [-0.2, 0) is 4.79 Å². The summed E-state index contributed by atoms with van der Waals surface area (Å²) in [5, 5.41) is 6.22. The van der Waals surface area contributed by atoms with Crippen LogP contribution in [0.3, 0.4) is 0 Å². The Morgan fingerprint density at radius 2 is 1.70 bits per heavy atom. The van der Waals surface area contributed by atoms with Crippen molar-refractivity contribution in [2.75, 3.05) is 29.5 Å². The number of halogens is 2. The molecule has 0 saturated carbocycles. The number of amides is 3. The Morgan fingerprint density at radius 3 is 2.37 bits per heavy atom. The molecule has 142 valence electrons. The van der Waals surface area contributed by atoms with Crippen molar-refractivity contribution in [3.8, 4) is 0 Å². The molecule has 1 unspecified atom stereocenters. The summed E-state index contributed by atoms with van der Waals surface area (Å²) < 4.78 is 0. The summed E-state index contributed by atoms with van der Waals surface area (Å²) in [4.78, 5) is 26.7. The van der Waals surface area contributed by atoms with Crippen LogP contribution in [0.5, 0.6) is 0 Å². The summed E-state index contributed by atoms with van der Waals surface area (Å²) in [7, 11) is 0. The molecule has 27 heavy (non-hydrogen) atoms. The molecule has 6 nitrogen and oxygen atoms in total. The van der Waals surface area contributed by atoms with Gasteiger partial charge in [-0.15, -0.1) is 0 Å². The van der Waals surface area contributed by atoms with Gasteiger partial charge in [0.2, 0.25) is 5.91 Å². The van der Waals surface area contributed by atoms with Gasteiger partial charge in [-0.2, -0.15) is 0 Å². The zero-order valence-electron chi connectivity index (χ0n) is 14.5. The molecule has 1 aliphatic rings. The zero-order chi connectivity index (χ0) is 19.4. The topological polar surface area (TPSA) is 87.5 Å². The van der Waals surface area contributed by atoms with E-state index in [0.29, 0.717) is 25.2 Å². The molecule has 2 aromatic rings. The smallest absolute Gasteiger partial charge is 0.321 e. The molecule has 0 bridgehead atoms. The van der Waals surface area contributed by atoms with Crippen LogP contribution in [0.1, 0.15) is 12.8 Å². The van der Waals surface area contributed by atoms with Gasteiger partial charge in [0.05, 0.1) is 21.7 Å². The molecule has 4 N–H and O–H groups in total. The molecule has 0 radical (unpaired) electrons. The maximum absolute atomic E-state index is 12.6. The van der Waals surface area contributed by atoms with Crippen molar-refractivity contribution in [1.29, 1.82) is 0 Å². The quantitative estimate of drug-likeness (QED) is 0.657. The number of hydrogen-bond donors (Lipinski definition) is 3. The largest absolute Gasteiger partial charge is 0.396 e. The lowest BCUT2D eigenvalue weighted by Gasteiger charge is -2.32. The third kappa shape index (κ3) is 4.84. The number of urea groups is 1. The molecule has 0 spiro atoms. The Balaban J connectivity index is 1.62. The number of carbonyl (C=O) groups is 2. The second-order valence-electron chi connectivity index (χ2n) is 6.42. The van der Waals surface area contributed by atoms with Crippen LogP contribution in [0.2, 0.25) is 10.0 Å². The highest BCUT2D eigenvalue weighted by Gasteiger charge is 2.28.